The summed E-state index contributed by atoms with van der Waals surface area (Å²) in [6.07, 6.45) is 27.2. The van der Waals surface area contributed by atoms with Gasteiger partial charge in [0, 0.05) is 14.2 Å². The zero-order valence-electron chi connectivity index (χ0n) is 19.5. The van der Waals surface area contributed by atoms with E-state index in [0.29, 0.717) is 0 Å². The molecule has 0 aliphatic carbocycles. The molecule has 0 N–H and O–H groups in total. The Balaban J connectivity index is 3.11. The molecule has 0 atom stereocenters. The van der Waals surface area contributed by atoms with E-state index in [1.54, 1.807) is 14.2 Å². The van der Waals surface area contributed by atoms with Gasteiger partial charge in [-0.15, -0.1) is 0 Å². The molecule has 0 radical (unpaired) electrons. The Bertz CT molecular complexity index is 280. The highest BCUT2D eigenvalue weighted by Gasteiger charge is 2.27. The smallest absolute Gasteiger partial charge is 0.334 e. The van der Waals surface area contributed by atoms with E-state index in [4.69, 9.17) is 8.85 Å². The summed E-state index contributed by atoms with van der Waals surface area (Å²) in [5.41, 5.74) is 0. The quantitative estimate of drug-likeness (QED) is 0.133. The highest BCUT2D eigenvalue weighted by molar-refractivity contribution is 6.65. The number of hydrogen-bond acceptors (Lipinski definition) is 2. The molecule has 0 heterocycles. The molecule has 0 aliphatic rings. The van der Waals surface area contributed by atoms with Crippen LogP contribution in [-0.4, -0.2) is 22.8 Å². The summed E-state index contributed by atoms with van der Waals surface area (Å²) in [7, 11) is 1.78. The van der Waals surface area contributed by atoms with Crippen molar-refractivity contribution in [1.82, 2.24) is 0 Å². The third-order valence-electron chi connectivity index (χ3n) is 6.10. The molecule has 0 unspecified atom stereocenters. The molecule has 0 amide bonds. The van der Waals surface area contributed by atoms with E-state index in [-0.39, 0.29) is 0 Å². The summed E-state index contributed by atoms with van der Waals surface area (Å²) in [5.74, 6) is 0. The molecule has 2 nitrogen and oxygen atoms in total. The first-order valence-electron chi connectivity index (χ1n) is 12.3. The average molecular weight is 401 g/mol. The van der Waals surface area contributed by atoms with Crippen LogP contribution in [0.15, 0.2) is 0 Å². The molecule has 0 bridgehead atoms. The number of unbranched alkanes of at least 4 members (excludes halogenated alkanes) is 18. The predicted molar refractivity (Wildman–Crippen MR) is 124 cm³/mol. The maximum absolute atomic E-state index is 5.54. The SMILES string of the molecule is CCCCCCCCCCCCCCCCCCCCC[Si](C)(OC)OC. The maximum atomic E-state index is 5.54. The fourth-order valence-electron chi connectivity index (χ4n) is 3.81. The van der Waals surface area contributed by atoms with Gasteiger partial charge in [0.25, 0.3) is 0 Å². The van der Waals surface area contributed by atoms with Crippen molar-refractivity contribution in [3.05, 3.63) is 0 Å². The lowest BCUT2D eigenvalue weighted by molar-refractivity contribution is 0.248. The van der Waals surface area contributed by atoms with Crippen LogP contribution in [0.3, 0.4) is 0 Å². The molecule has 27 heavy (non-hydrogen) atoms. The van der Waals surface area contributed by atoms with Gasteiger partial charge in [-0.2, -0.15) is 0 Å². The van der Waals surface area contributed by atoms with Gasteiger partial charge in [-0.3, -0.25) is 0 Å². The molecule has 3 heteroatoms. The second-order valence-corrected chi connectivity index (χ2v) is 12.2. The molecular formula is C24H52O2Si. The fourth-order valence-corrected chi connectivity index (χ4v) is 5.28. The highest BCUT2D eigenvalue weighted by Crippen LogP contribution is 2.18. The Kier molecular flexibility index (Phi) is 21.0. The minimum Gasteiger partial charge on any atom is -0.398 e. The van der Waals surface area contributed by atoms with Crippen molar-refractivity contribution < 1.29 is 8.85 Å². The van der Waals surface area contributed by atoms with E-state index < -0.39 is 8.56 Å². The van der Waals surface area contributed by atoms with Crippen molar-refractivity contribution in [2.45, 2.75) is 142 Å². The molecule has 164 valence electrons. The molecule has 0 aliphatic heterocycles. The first-order valence-corrected chi connectivity index (χ1v) is 14.8. The van der Waals surface area contributed by atoms with Crippen LogP contribution < -0.4 is 0 Å². The van der Waals surface area contributed by atoms with Gasteiger partial charge in [0.15, 0.2) is 0 Å². The van der Waals surface area contributed by atoms with E-state index in [0.717, 1.165) is 6.04 Å². The Morgan fingerprint density at radius 2 is 0.704 bits per heavy atom. The molecule has 0 rings (SSSR count). The van der Waals surface area contributed by atoms with Crippen molar-refractivity contribution in [2.24, 2.45) is 0 Å². The first-order chi connectivity index (χ1) is 13.2. The van der Waals surface area contributed by atoms with Gasteiger partial charge in [0.1, 0.15) is 0 Å². The van der Waals surface area contributed by atoms with E-state index in [2.05, 4.69) is 13.5 Å². The van der Waals surface area contributed by atoms with E-state index in [1.807, 2.05) is 0 Å². The molecule has 0 saturated carbocycles. The lowest BCUT2D eigenvalue weighted by Gasteiger charge is -2.22. The standard InChI is InChI=1S/C24H52O2Si/c1-5-6-7-8-9-10-11-12-13-14-15-16-17-18-19-20-21-22-23-24-27(4,25-2)26-3/h5-24H2,1-4H3. The summed E-state index contributed by atoms with van der Waals surface area (Å²) in [5, 5.41) is 0. The zero-order chi connectivity index (χ0) is 20.1. The lowest BCUT2D eigenvalue weighted by Crippen LogP contribution is -2.35. The topological polar surface area (TPSA) is 18.5 Å². The van der Waals surface area contributed by atoms with Crippen molar-refractivity contribution in [3.63, 3.8) is 0 Å². The predicted octanol–water partition coefficient (Wildman–Crippen LogP) is 8.78. The average Bonchev–Trinajstić information content (AvgIpc) is 2.69. The Morgan fingerprint density at radius 1 is 0.444 bits per heavy atom. The number of rotatable bonds is 22. The van der Waals surface area contributed by atoms with Crippen LogP contribution in [-0.2, 0) is 8.85 Å². The van der Waals surface area contributed by atoms with Gasteiger partial charge in [-0.25, -0.2) is 0 Å². The largest absolute Gasteiger partial charge is 0.398 e. The molecule has 0 saturated heterocycles. The third kappa shape index (κ3) is 19.2. The van der Waals surface area contributed by atoms with Crippen molar-refractivity contribution in [2.75, 3.05) is 14.2 Å². The number of hydrogen-bond donors (Lipinski definition) is 0. The monoisotopic (exact) mass is 400 g/mol. The van der Waals surface area contributed by atoms with Crippen LogP contribution in [0.2, 0.25) is 12.6 Å². The lowest BCUT2D eigenvalue weighted by atomic mass is 10.0. The van der Waals surface area contributed by atoms with Gasteiger partial charge < -0.3 is 8.85 Å². The van der Waals surface area contributed by atoms with Crippen LogP contribution >= 0.6 is 0 Å². The van der Waals surface area contributed by atoms with Crippen molar-refractivity contribution in [1.29, 1.82) is 0 Å². The van der Waals surface area contributed by atoms with Gasteiger partial charge >= 0.3 is 8.56 Å². The fraction of sp³-hybridized carbons (Fsp3) is 1.00. The molecule has 0 fully saturated rings. The zero-order valence-corrected chi connectivity index (χ0v) is 20.5. The summed E-state index contributed by atoms with van der Waals surface area (Å²) in [4.78, 5) is 0. The highest BCUT2D eigenvalue weighted by atomic mass is 28.4. The molecular weight excluding hydrogens is 348 g/mol. The second-order valence-electron chi connectivity index (χ2n) is 8.66. The van der Waals surface area contributed by atoms with E-state index in [1.165, 1.54) is 122 Å². The minimum absolute atomic E-state index is 1.14. The van der Waals surface area contributed by atoms with Crippen molar-refractivity contribution >= 4 is 8.56 Å². The first kappa shape index (κ1) is 27.1. The maximum Gasteiger partial charge on any atom is 0.334 e. The Morgan fingerprint density at radius 3 is 0.963 bits per heavy atom. The third-order valence-corrected chi connectivity index (χ3v) is 9.09. The summed E-state index contributed by atoms with van der Waals surface area (Å²) in [6, 6.07) is 1.14. The Labute approximate surface area is 173 Å². The second kappa shape index (κ2) is 20.9. The molecule has 0 aromatic carbocycles. The summed E-state index contributed by atoms with van der Waals surface area (Å²) < 4.78 is 11.1. The Hall–Kier alpha value is 0.137. The van der Waals surface area contributed by atoms with Gasteiger partial charge in [0.2, 0.25) is 0 Å². The molecule has 0 spiro atoms. The summed E-state index contributed by atoms with van der Waals surface area (Å²) in [6.45, 7) is 4.46. The van der Waals surface area contributed by atoms with E-state index >= 15 is 0 Å². The van der Waals surface area contributed by atoms with Crippen LogP contribution in [0.1, 0.15) is 129 Å². The normalized spacial score (nSPS) is 12.0. The molecule has 0 aromatic heterocycles. The van der Waals surface area contributed by atoms with Gasteiger partial charge in [-0.1, -0.05) is 129 Å². The van der Waals surface area contributed by atoms with Crippen LogP contribution in [0.25, 0.3) is 0 Å². The van der Waals surface area contributed by atoms with Crippen LogP contribution in [0.5, 0.6) is 0 Å². The minimum atomic E-state index is -1.81. The van der Waals surface area contributed by atoms with Crippen molar-refractivity contribution in [3.8, 4) is 0 Å². The summed E-state index contributed by atoms with van der Waals surface area (Å²) >= 11 is 0. The van der Waals surface area contributed by atoms with Crippen LogP contribution in [0.4, 0.5) is 0 Å². The van der Waals surface area contributed by atoms with Gasteiger partial charge in [0.05, 0.1) is 0 Å². The van der Waals surface area contributed by atoms with Crippen LogP contribution in [0, 0.1) is 0 Å². The van der Waals surface area contributed by atoms with Gasteiger partial charge in [-0.05, 0) is 12.6 Å². The molecule has 0 aromatic rings. The van der Waals surface area contributed by atoms with E-state index in [9.17, 15) is 0 Å².